The van der Waals surface area contributed by atoms with Crippen LogP contribution in [0.2, 0.25) is 10.0 Å². The molecule has 0 atom stereocenters. The molecule has 0 aliphatic heterocycles. The Morgan fingerprint density at radius 2 is 1.67 bits per heavy atom. The van der Waals surface area contributed by atoms with E-state index in [-0.39, 0.29) is 9.60 Å². The van der Waals surface area contributed by atoms with Gasteiger partial charge in [0.25, 0.3) is 10.0 Å². The smallest absolute Gasteiger partial charge is 0.266 e. The number of ether oxygens (including phenoxy) is 1. The summed E-state index contributed by atoms with van der Waals surface area (Å²) < 4.78 is 60.6. The van der Waals surface area contributed by atoms with E-state index < -0.39 is 26.6 Å². The lowest BCUT2D eigenvalue weighted by Crippen LogP contribution is -2.15. The number of benzene rings is 3. The van der Waals surface area contributed by atoms with E-state index in [2.05, 4.69) is 25.6 Å². The Balaban J connectivity index is 1.54. The fourth-order valence-electron chi connectivity index (χ4n) is 2.73. The minimum absolute atomic E-state index is 0.0368. The summed E-state index contributed by atoms with van der Waals surface area (Å²) in [7, 11) is -4.41. The largest absolute Gasteiger partial charge is 0.457 e. The first-order chi connectivity index (χ1) is 15.6. The standard InChI is InChI=1S/C21H11BrCl2F2N2O3S2/c22-15-8-18(26)20(9-17(15)25)33(29,30)28-21-27-19(10-32-21)14-6-5-13(7-16(14)24)31-12-3-1-11(23)2-4-12/h1-10H,(H,27,28). The van der Waals surface area contributed by atoms with Gasteiger partial charge in [-0.25, -0.2) is 22.2 Å². The van der Waals surface area contributed by atoms with E-state index in [4.69, 9.17) is 27.9 Å². The molecule has 0 amide bonds. The van der Waals surface area contributed by atoms with Crippen LogP contribution in [0.15, 0.2) is 69.3 Å². The van der Waals surface area contributed by atoms with Crippen molar-refractivity contribution in [3.63, 3.8) is 0 Å². The van der Waals surface area contributed by atoms with E-state index in [1.807, 2.05) is 0 Å². The van der Waals surface area contributed by atoms with Gasteiger partial charge < -0.3 is 4.74 Å². The van der Waals surface area contributed by atoms with Crippen LogP contribution in [0.5, 0.6) is 11.5 Å². The van der Waals surface area contributed by atoms with Crippen molar-refractivity contribution in [2.75, 3.05) is 4.72 Å². The first kappa shape index (κ1) is 23.9. The van der Waals surface area contributed by atoms with E-state index in [0.717, 1.165) is 17.4 Å². The quantitative estimate of drug-likeness (QED) is 0.233. The Bertz CT molecular complexity index is 1450. The molecule has 1 heterocycles. The Labute approximate surface area is 210 Å². The number of anilines is 1. The van der Waals surface area contributed by atoms with Crippen molar-refractivity contribution in [1.29, 1.82) is 0 Å². The molecule has 12 heteroatoms. The van der Waals surface area contributed by atoms with Gasteiger partial charge in [0.05, 0.1) is 15.2 Å². The Kier molecular flexibility index (Phi) is 6.92. The van der Waals surface area contributed by atoms with Crippen LogP contribution in [0.1, 0.15) is 0 Å². The molecule has 0 aliphatic rings. The molecule has 0 aliphatic carbocycles. The molecular weight excluding hydrogens is 581 g/mol. The number of sulfonamides is 1. The highest BCUT2D eigenvalue weighted by Crippen LogP contribution is 2.35. The average Bonchev–Trinajstić information content (AvgIpc) is 3.19. The molecule has 0 saturated heterocycles. The van der Waals surface area contributed by atoms with Gasteiger partial charge in [-0.1, -0.05) is 23.2 Å². The maximum atomic E-state index is 14.1. The topological polar surface area (TPSA) is 68.3 Å². The second kappa shape index (κ2) is 9.55. The number of hydrogen-bond acceptors (Lipinski definition) is 5. The fraction of sp³-hybridized carbons (Fsp3) is 0. The Hall–Kier alpha value is -2.24. The van der Waals surface area contributed by atoms with Crippen molar-refractivity contribution in [2.24, 2.45) is 0 Å². The molecule has 0 spiro atoms. The summed E-state index contributed by atoms with van der Waals surface area (Å²) in [6.07, 6.45) is 0. The number of nitrogens with zero attached hydrogens (tertiary/aromatic N) is 1. The number of thiazole rings is 1. The molecule has 4 rings (SSSR count). The van der Waals surface area contributed by atoms with Gasteiger partial charge in [0, 0.05) is 22.0 Å². The third-order valence-corrected chi connectivity index (χ3v) is 7.67. The van der Waals surface area contributed by atoms with Crippen LogP contribution in [-0.4, -0.2) is 13.4 Å². The van der Waals surface area contributed by atoms with Crippen molar-refractivity contribution in [3.8, 4) is 22.8 Å². The lowest BCUT2D eigenvalue weighted by Gasteiger charge is -2.08. The summed E-state index contributed by atoms with van der Waals surface area (Å²) in [6.45, 7) is 0. The number of aromatic nitrogens is 1. The van der Waals surface area contributed by atoms with Crippen molar-refractivity contribution in [3.05, 3.63) is 86.1 Å². The van der Waals surface area contributed by atoms with Crippen LogP contribution in [0.3, 0.4) is 0 Å². The van der Waals surface area contributed by atoms with E-state index >= 15 is 0 Å². The normalized spacial score (nSPS) is 11.4. The monoisotopic (exact) mass is 590 g/mol. The predicted molar refractivity (Wildman–Crippen MR) is 129 cm³/mol. The van der Waals surface area contributed by atoms with E-state index in [9.17, 15) is 17.2 Å². The molecule has 170 valence electrons. The summed E-state index contributed by atoms with van der Waals surface area (Å²) in [5.74, 6) is -0.962. The molecule has 0 radical (unpaired) electrons. The van der Waals surface area contributed by atoms with Crippen molar-refractivity contribution in [1.82, 2.24) is 4.98 Å². The molecule has 1 aromatic heterocycles. The summed E-state index contributed by atoms with van der Waals surface area (Å²) >= 11 is 16.0. The molecule has 4 aromatic rings. The van der Waals surface area contributed by atoms with E-state index in [1.165, 1.54) is 0 Å². The van der Waals surface area contributed by atoms with E-state index in [1.54, 1.807) is 47.8 Å². The van der Waals surface area contributed by atoms with Gasteiger partial charge in [-0.15, -0.1) is 11.3 Å². The number of halogens is 5. The predicted octanol–water partition coefficient (Wildman–Crippen LogP) is 7.75. The van der Waals surface area contributed by atoms with Gasteiger partial charge in [0.2, 0.25) is 0 Å². The van der Waals surface area contributed by atoms with Crippen molar-refractivity contribution >= 4 is 65.6 Å². The third kappa shape index (κ3) is 5.47. The zero-order chi connectivity index (χ0) is 23.8. The van der Waals surface area contributed by atoms with Crippen LogP contribution < -0.4 is 9.46 Å². The van der Waals surface area contributed by atoms with Crippen LogP contribution in [0.4, 0.5) is 13.9 Å². The SMILES string of the molecule is O=S(=O)(Nc1nc(-c2ccc(Oc3ccc(Cl)cc3)cc2Cl)cs1)c1cc(F)c(Br)cc1F. The zero-order valence-electron chi connectivity index (χ0n) is 16.2. The minimum Gasteiger partial charge on any atom is -0.457 e. The maximum Gasteiger partial charge on any atom is 0.266 e. The lowest BCUT2D eigenvalue weighted by atomic mass is 10.1. The maximum absolute atomic E-state index is 14.1. The van der Waals surface area contributed by atoms with Crippen LogP contribution in [0.25, 0.3) is 11.3 Å². The van der Waals surface area contributed by atoms with Crippen LogP contribution >= 0.6 is 50.5 Å². The third-order valence-electron chi connectivity index (χ3n) is 4.26. The molecule has 33 heavy (non-hydrogen) atoms. The van der Waals surface area contributed by atoms with Gasteiger partial charge in [0.15, 0.2) is 5.13 Å². The second-order valence-corrected chi connectivity index (χ2v) is 10.7. The fourth-order valence-corrected chi connectivity index (χ4v) is 5.47. The molecule has 1 N–H and O–H groups in total. The van der Waals surface area contributed by atoms with Gasteiger partial charge in [-0.2, -0.15) is 0 Å². The highest BCUT2D eigenvalue weighted by Gasteiger charge is 2.23. The van der Waals surface area contributed by atoms with Gasteiger partial charge in [-0.05, 0) is 64.5 Å². The molecular formula is C21H11BrCl2F2N2O3S2. The number of rotatable bonds is 6. The molecule has 0 fully saturated rings. The van der Waals surface area contributed by atoms with Crippen molar-refractivity contribution < 1.29 is 21.9 Å². The highest BCUT2D eigenvalue weighted by atomic mass is 79.9. The number of hydrogen-bond donors (Lipinski definition) is 1. The first-order valence-corrected chi connectivity index (χ1v) is 12.9. The summed E-state index contributed by atoms with van der Waals surface area (Å²) in [5.41, 5.74) is 0.922. The van der Waals surface area contributed by atoms with Crippen LogP contribution in [0, 0.1) is 11.6 Å². The summed E-state index contributed by atoms with van der Waals surface area (Å²) in [6, 6.07) is 13.1. The van der Waals surface area contributed by atoms with Crippen LogP contribution in [-0.2, 0) is 10.0 Å². The lowest BCUT2D eigenvalue weighted by molar-refractivity contribution is 0.483. The summed E-state index contributed by atoms with van der Waals surface area (Å²) in [4.78, 5) is 3.38. The Morgan fingerprint density at radius 1 is 0.970 bits per heavy atom. The van der Waals surface area contributed by atoms with Gasteiger partial charge in [-0.3, -0.25) is 4.72 Å². The summed E-state index contributed by atoms with van der Waals surface area (Å²) in [5, 5.41) is 2.45. The van der Waals surface area contributed by atoms with Gasteiger partial charge >= 0.3 is 0 Å². The van der Waals surface area contributed by atoms with Crippen molar-refractivity contribution in [2.45, 2.75) is 4.90 Å². The molecule has 5 nitrogen and oxygen atoms in total. The molecule has 0 bridgehead atoms. The number of nitrogens with one attached hydrogen (secondary N) is 1. The van der Waals surface area contributed by atoms with Gasteiger partial charge in [0.1, 0.15) is 28.0 Å². The molecule has 0 unspecified atom stereocenters. The minimum atomic E-state index is -4.41. The average molecular weight is 592 g/mol. The highest BCUT2D eigenvalue weighted by molar-refractivity contribution is 9.10. The molecule has 0 saturated carbocycles. The first-order valence-electron chi connectivity index (χ1n) is 8.98. The Morgan fingerprint density at radius 3 is 2.36 bits per heavy atom. The second-order valence-electron chi connectivity index (χ2n) is 6.54. The van der Waals surface area contributed by atoms with E-state index in [0.29, 0.717) is 38.9 Å². The molecule has 3 aromatic carbocycles. The zero-order valence-corrected chi connectivity index (χ0v) is 20.9.